The molecule has 1 aromatic carbocycles. The van der Waals surface area contributed by atoms with Gasteiger partial charge in [-0.15, -0.1) is 0 Å². The van der Waals surface area contributed by atoms with Crippen molar-refractivity contribution >= 4 is 11.9 Å². The number of benzene rings is 1. The number of aliphatic imine (C=N–C) groups is 1. The standard InChI is InChI=1S/C17H22N4O/c22-16-7-6-15-13-20(10-11-21(15)16)17-18-8-9-19(17)12-14-4-2-1-3-5-14/h1-5,15H,6-13H2. The number of carbonyl (C=O) groups excluding carboxylic acids is 1. The van der Waals surface area contributed by atoms with Crippen molar-refractivity contribution in [1.29, 1.82) is 0 Å². The van der Waals surface area contributed by atoms with Gasteiger partial charge in [0.15, 0.2) is 5.96 Å². The minimum Gasteiger partial charge on any atom is -0.339 e. The van der Waals surface area contributed by atoms with Crippen LogP contribution in [0.5, 0.6) is 0 Å². The molecule has 0 radical (unpaired) electrons. The second-order valence-electron chi connectivity index (χ2n) is 6.31. The predicted octanol–water partition coefficient (Wildman–Crippen LogP) is 1.16. The maximum absolute atomic E-state index is 11.8. The number of guanidine groups is 1. The van der Waals surface area contributed by atoms with Gasteiger partial charge in [0.25, 0.3) is 0 Å². The Labute approximate surface area is 131 Å². The van der Waals surface area contributed by atoms with Crippen molar-refractivity contribution in [1.82, 2.24) is 14.7 Å². The highest BCUT2D eigenvalue weighted by atomic mass is 16.2. The van der Waals surface area contributed by atoms with E-state index in [1.54, 1.807) is 0 Å². The lowest BCUT2D eigenvalue weighted by atomic mass is 10.1. The molecule has 1 aromatic rings. The Kier molecular flexibility index (Phi) is 3.48. The van der Waals surface area contributed by atoms with Crippen molar-refractivity contribution in [3.63, 3.8) is 0 Å². The molecule has 1 amide bonds. The Morgan fingerprint density at radius 2 is 2.00 bits per heavy atom. The Balaban J connectivity index is 1.44. The molecule has 3 aliphatic rings. The predicted molar refractivity (Wildman–Crippen MR) is 85.5 cm³/mol. The van der Waals surface area contributed by atoms with E-state index in [0.29, 0.717) is 11.9 Å². The maximum atomic E-state index is 11.8. The zero-order chi connectivity index (χ0) is 14.9. The van der Waals surface area contributed by atoms with E-state index in [9.17, 15) is 4.79 Å². The number of fused-ring (bicyclic) bond motifs is 1. The summed E-state index contributed by atoms with van der Waals surface area (Å²) in [4.78, 5) is 23.4. The van der Waals surface area contributed by atoms with Crippen LogP contribution in [0.2, 0.25) is 0 Å². The molecule has 116 valence electrons. The molecule has 1 atom stereocenters. The molecule has 0 aliphatic carbocycles. The number of amides is 1. The first kappa shape index (κ1) is 13.6. The molecule has 3 aliphatic heterocycles. The number of rotatable bonds is 2. The highest BCUT2D eigenvalue weighted by Gasteiger charge is 2.37. The molecule has 5 heteroatoms. The molecular weight excluding hydrogens is 276 g/mol. The highest BCUT2D eigenvalue weighted by Crippen LogP contribution is 2.24. The van der Waals surface area contributed by atoms with Gasteiger partial charge in [0.2, 0.25) is 5.91 Å². The van der Waals surface area contributed by atoms with Crippen LogP contribution in [-0.4, -0.2) is 65.3 Å². The van der Waals surface area contributed by atoms with Crippen LogP contribution in [0.25, 0.3) is 0 Å². The molecule has 5 nitrogen and oxygen atoms in total. The molecule has 0 spiro atoms. The number of nitrogens with zero attached hydrogens (tertiary/aromatic N) is 4. The molecule has 2 saturated heterocycles. The Morgan fingerprint density at radius 1 is 1.14 bits per heavy atom. The quantitative estimate of drug-likeness (QED) is 0.822. The van der Waals surface area contributed by atoms with E-state index in [2.05, 4.69) is 45.0 Å². The monoisotopic (exact) mass is 298 g/mol. The van der Waals surface area contributed by atoms with Crippen LogP contribution in [0, 0.1) is 0 Å². The van der Waals surface area contributed by atoms with Crippen LogP contribution in [0.3, 0.4) is 0 Å². The summed E-state index contributed by atoms with van der Waals surface area (Å²) in [5.74, 6) is 1.46. The summed E-state index contributed by atoms with van der Waals surface area (Å²) in [5, 5.41) is 0. The van der Waals surface area contributed by atoms with Crippen LogP contribution in [0.1, 0.15) is 18.4 Å². The molecule has 0 aromatic heterocycles. The average molecular weight is 298 g/mol. The zero-order valence-corrected chi connectivity index (χ0v) is 12.8. The number of hydrogen-bond donors (Lipinski definition) is 0. The normalized spacial score (nSPS) is 24.7. The van der Waals surface area contributed by atoms with E-state index >= 15 is 0 Å². The van der Waals surface area contributed by atoms with Crippen LogP contribution >= 0.6 is 0 Å². The van der Waals surface area contributed by atoms with Crippen molar-refractivity contribution in [2.75, 3.05) is 32.7 Å². The summed E-state index contributed by atoms with van der Waals surface area (Å²) in [5.41, 5.74) is 1.33. The third-order valence-electron chi connectivity index (χ3n) is 4.90. The van der Waals surface area contributed by atoms with Gasteiger partial charge >= 0.3 is 0 Å². The van der Waals surface area contributed by atoms with Gasteiger partial charge in [0, 0.05) is 45.2 Å². The van der Waals surface area contributed by atoms with Crippen LogP contribution in [-0.2, 0) is 11.3 Å². The van der Waals surface area contributed by atoms with Crippen molar-refractivity contribution in [2.24, 2.45) is 4.99 Å². The van der Waals surface area contributed by atoms with Gasteiger partial charge in [-0.3, -0.25) is 9.79 Å². The van der Waals surface area contributed by atoms with Crippen LogP contribution in [0.4, 0.5) is 0 Å². The van der Waals surface area contributed by atoms with E-state index in [1.165, 1.54) is 5.56 Å². The van der Waals surface area contributed by atoms with Crippen molar-refractivity contribution in [3.8, 4) is 0 Å². The molecule has 1 unspecified atom stereocenters. The van der Waals surface area contributed by atoms with Gasteiger partial charge < -0.3 is 14.7 Å². The third-order valence-corrected chi connectivity index (χ3v) is 4.90. The summed E-state index contributed by atoms with van der Waals surface area (Å²) in [6.07, 6.45) is 1.72. The second kappa shape index (κ2) is 5.63. The molecule has 0 N–H and O–H groups in total. The van der Waals surface area contributed by atoms with Crippen LogP contribution in [0.15, 0.2) is 35.3 Å². The number of piperazine rings is 1. The van der Waals surface area contributed by atoms with Gasteiger partial charge in [0.05, 0.1) is 6.54 Å². The van der Waals surface area contributed by atoms with Crippen LogP contribution < -0.4 is 0 Å². The Hall–Kier alpha value is -2.04. The van der Waals surface area contributed by atoms with Gasteiger partial charge in [-0.1, -0.05) is 30.3 Å². The molecule has 4 rings (SSSR count). The van der Waals surface area contributed by atoms with E-state index in [0.717, 1.165) is 58.1 Å². The van der Waals surface area contributed by atoms with Crippen molar-refractivity contribution in [3.05, 3.63) is 35.9 Å². The first-order valence-electron chi connectivity index (χ1n) is 8.19. The third kappa shape index (κ3) is 2.45. The molecule has 0 bridgehead atoms. The molecule has 2 fully saturated rings. The summed E-state index contributed by atoms with van der Waals surface area (Å²) in [7, 11) is 0. The van der Waals surface area contributed by atoms with Crippen molar-refractivity contribution in [2.45, 2.75) is 25.4 Å². The maximum Gasteiger partial charge on any atom is 0.223 e. The van der Waals surface area contributed by atoms with Crippen molar-refractivity contribution < 1.29 is 4.79 Å². The second-order valence-corrected chi connectivity index (χ2v) is 6.31. The van der Waals surface area contributed by atoms with E-state index < -0.39 is 0 Å². The Bertz CT molecular complexity index is 586. The topological polar surface area (TPSA) is 39.2 Å². The van der Waals surface area contributed by atoms with Gasteiger partial charge in [-0.2, -0.15) is 0 Å². The zero-order valence-electron chi connectivity index (χ0n) is 12.8. The average Bonchev–Trinajstić information content (AvgIpc) is 3.15. The first-order valence-corrected chi connectivity index (χ1v) is 8.19. The molecular formula is C17H22N4O. The fourth-order valence-corrected chi connectivity index (χ4v) is 3.77. The summed E-state index contributed by atoms with van der Waals surface area (Å²) < 4.78 is 0. The SMILES string of the molecule is O=C1CCC2CN(C3=NCCN3Cc3ccccc3)CCN12. The minimum absolute atomic E-state index is 0.333. The highest BCUT2D eigenvalue weighted by molar-refractivity contribution is 5.83. The smallest absolute Gasteiger partial charge is 0.223 e. The lowest BCUT2D eigenvalue weighted by molar-refractivity contribution is -0.130. The largest absolute Gasteiger partial charge is 0.339 e. The van der Waals surface area contributed by atoms with Gasteiger partial charge in [0.1, 0.15) is 0 Å². The summed E-state index contributed by atoms with van der Waals surface area (Å²) in [6, 6.07) is 11.0. The minimum atomic E-state index is 0.333. The fourth-order valence-electron chi connectivity index (χ4n) is 3.77. The molecule has 3 heterocycles. The summed E-state index contributed by atoms with van der Waals surface area (Å²) in [6.45, 7) is 5.49. The molecule has 0 saturated carbocycles. The molecule has 22 heavy (non-hydrogen) atoms. The number of carbonyl (C=O) groups is 1. The lowest BCUT2D eigenvalue weighted by Gasteiger charge is -2.40. The number of hydrogen-bond acceptors (Lipinski definition) is 4. The fraction of sp³-hybridized carbons (Fsp3) is 0.529. The summed E-state index contributed by atoms with van der Waals surface area (Å²) >= 11 is 0. The lowest BCUT2D eigenvalue weighted by Crippen LogP contribution is -2.55. The van der Waals surface area contributed by atoms with E-state index in [1.807, 2.05) is 0 Å². The van der Waals surface area contributed by atoms with Gasteiger partial charge in [-0.05, 0) is 12.0 Å². The van der Waals surface area contributed by atoms with E-state index in [4.69, 9.17) is 4.99 Å². The Morgan fingerprint density at radius 3 is 2.86 bits per heavy atom. The van der Waals surface area contributed by atoms with E-state index in [-0.39, 0.29) is 0 Å². The van der Waals surface area contributed by atoms with Gasteiger partial charge in [-0.25, -0.2) is 0 Å². The first-order chi connectivity index (χ1) is 10.8.